The number of benzene rings is 1. The number of nitrogens with zero attached hydrogens (tertiary/aromatic N) is 1. The van der Waals surface area contributed by atoms with Gasteiger partial charge in [0, 0.05) is 19.1 Å². The zero-order valence-electron chi connectivity index (χ0n) is 13.2. The Balaban J connectivity index is 1.82. The summed E-state index contributed by atoms with van der Waals surface area (Å²) >= 11 is 0. The van der Waals surface area contributed by atoms with Crippen molar-refractivity contribution in [1.82, 2.24) is 10.6 Å². The van der Waals surface area contributed by atoms with Crippen LogP contribution in [0.25, 0.3) is 0 Å². The highest BCUT2D eigenvalue weighted by atomic mass is 16.5. The molecule has 1 aromatic carbocycles. The number of ether oxygens (including phenoxy) is 1. The van der Waals surface area contributed by atoms with Gasteiger partial charge >= 0.3 is 0 Å². The molecule has 1 aromatic rings. The van der Waals surface area contributed by atoms with Gasteiger partial charge in [-0.2, -0.15) is 0 Å². The van der Waals surface area contributed by atoms with Crippen molar-refractivity contribution in [3.8, 4) is 5.75 Å². The molecule has 0 bridgehead atoms. The molecule has 2 N–H and O–H groups in total. The normalized spacial score (nSPS) is 16.0. The Morgan fingerprint density at radius 3 is 2.57 bits per heavy atom. The average Bonchev–Trinajstić information content (AvgIpc) is 3.01. The van der Waals surface area contributed by atoms with Crippen molar-refractivity contribution < 1.29 is 4.74 Å². The molecular weight excluding hydrogens is 262 g/mol. The molecule has 0 atom stereocenters. The van der Waals surface area contributed by atoms with Crippen molar-refractivity contribution in [2.75, 3.05) is 20.2 Å². The zero-order chi connectivity index (χ0) is 14.9. The largest absolute Gasteiger partial charge is 0.497 e. The summed E-state index contributed by atoms with van der Waals surface area (Å²) in [7, 11) is 1.69. The highest BCUT2D eigenvalue weighted by Crippen LogP contribution is 2.17. The summed E-state index contributed by atoms with van der Waals surface area (Å²) in [6, 6.07) is 8.81. The first kappa shape index (κ1) is 15.7. The number of hydrogen-bond acceptors (Lipinski definition) is 2. The van der Waals surface area contributed by atoms with Crippen molar-refractivity contribution in [3.63, 3.8) is 0 Å². The predicted molar refractivity (Wildman–Crippen MR) is 88.1 cm³/mol. The lowest BCUT2D eigenvalue weighted by molar-refractivity contribution is 0.414. The lowest BCUT2D eigenvalue weighted by atomic mass is 10.1. The topological polar surface area (TPSA) is 45.7 Å². The first-order chi connectivity index (χ1) is 10.3. The van der Waals surface area contributed by atoms with Crippen LogP contribution in [0, 0.1) is 0 Å². The van der Waals surface area contributed by atoms with Gasteiger partial charge in [-0.1, -0.05) is 25.0 Å². The van der Waals surface area contributed by atoms with Crippen molar-refractivity contribution >= 4 is 5.96 Å². The molecule has 0 spiro atoms. The quantitative estimate of drug-likeness (QED) is 0.625. The fourth-order valence-electron chi connectivity index (χ4n) is 2.67. The minimum Gasteiger partial charge on any atom is -0.497 e. The molecule has 4 nitrogen and oxygen atoms in total. The van der Waals surface area contributed by atoms with E-state index in [0.717, 1.165) is 31.2 Å². The van der Waals surface area contributed by atoms with E-state index < -0.39 is 0 Å². The van der Waals surface area contributed by atoms with Crippen molar-refractivity contribution in [1.29, 1.82) is 0 Å². The zero-order valence-corrected chi connectivity index (χ0v) is 13.2. The molecule has 0 aromatic heterocycles. The third-order valence-electron chi connectivity index (χ3n) is 3.87. The number of nitrogens with one attached hydrogen (secondary N) is 2. The summed E-state index contributed by atoms with van der Waals surface area (Å²) in [5, 5.41) is 6.87. The number of hydrogen-bond donors (Lipinski definition) is 2. The second kappa shape index (κ2) is 8.55. The van der Waals surface area contributed by atoms with E-state index in [-0.39, 0.29) is 0 Å². The van der Waals surface area contributed by atoms with Gasteiger partial charge in [-0.25, -0.2) is 0 Å². The molecule has 1 aliphatic carbocycles. The summed E-state index contributed by atoms with van der Waals surface area (Å²) in [4.78, 5) is 4.68. The van der Waals surface area contributed by atoms with Gasteiger partial charge in [0.25, 0.3) is 0 Å². The standard InChI is InChI=1S/C17H27N3O/c1-3-18-17(20-15-6-4-5-7-15)19-13-12-14-8-10-16(21-2)11-9-14/h8-11,15H,3-7,12-13H2,1-2H3,(H2,18,19,20). The maximum atomic E-state index is 5.17. The van der Waals surface area contributed by atoms with Gasteiger partial charge < -0.3 is 15.4 Å². The molecule has 4 heteroatoms. The third kappa shape index (κ3) is 5.29. The number of guanidine groups is 1. The fourth-order valence-corrected chi connectivity index (χ4v) is 2.67. The fraction of sp³-hybridized carbons (Fsp3) is 0.588. The van der Waals surface area contributed by atoms with Gasteiger partial charge in [-0.05, 0) is 43.9 Å². The molecule has 21 heavy (non-hydrogen) atoms. The number of aliphatic imine (C=N–C) groups is 1. The molecule has 116 valence electrons. The molecule has 1 saturated carbocycles. The Morgan fingerprint density at radius 2 is 1.95 bits per heavy atom. The highest BCUT2D eigenvalue weighted by molar-refractivity contribution is 5.80. The van der Waals surface area contributed by atoms with Crippen LogP contribution in [-0.2, 0) is 6.42 Å². The van der Waals surface area contributed by atoms with Crippen LogP contribution in [0.3, 0.4) is 0 Å². The van der Waals surface area contributed by atoms with Gasteiger partial charge in [0.1, 0.15) is 5.75 Å². The molecule has 1 fully saturated rings. The van der Waals surface area contributed by atoms with Crippen LogP contribution in [0.15, 0.2) is 29.3 Å². The molecular formula is C17H27N3O. The Kier molecular flexibility index (Phi) is 6.38. The van der Waals surface area contributed by atoms with Crippen molar-refractivity contribution in [2.45, 2.75) is 45.1 Å². The smallest absolute Gasteiger partial charge is 0.191 e. The second-order valence-corrected chi connectivity index (χ2v) is 5.48. The molecule has 0 saturated heterocycles. The van der Waals surface area contributed by atoms with Crippen molar-refractivity contribution in [3.05, 3.63) is 29.8 Å². The van der Waals surface area contributed by atoms with Crippen LogP contribution in [-0.4, -0.2) is 32.2 Å². The van der Waals surface area contributed by atoms with Gasteiger partial charge in [-0.3, -0.25) is 4.99 Å². The first-order valence-electron chi connectivity index (χ1n) is 7.99. The first-order valence-corrected chi connectivity index (χ1v) is 7.99. The molecule has 2 rings (SSSR count). The molecule has 0 aliphatic heterocycles. The summed E-state index contributed by atoms with van der Waals surface area (Å²) < 4.78 is 5.17. The summed E-state index contributed by atoms with van der Waals surface area (Å²) in [5.74, 6) is 1.86. The van der Waals surface area contributed by atoms with E-state index in [1.807, 2.05) is 12.1 Å². The van der Waals surface area contributed by atoms with Gasteiger partial charge in [0.15, 0.2) is 5.96 Å². The van der Waals surface area contributed by atoms with Crippen molar-refractivity contribution in [2.24, 2.45) is 4.99 Å². The van der Waals surface area contributed by atoms with Crippen LogP contribution in [0.4, 0.5) is 0 Å². The Bertz CT molecular complexity index is 436. The van der Waals surface area contributed by atoms with Crippen LogP contribution < -0.4 is 15.4 Å². The lowest BCUT2D eigenvalue weighted by Crippen LogP contribution is -2.42. The highest BCUT2D eigenvalue weighted by Gasteiger charge is 2.15. The van der Waals surface area contributed by atoms with E-state index in [9.17, 15) is 0 Å². The molecule has 0 unspecified atom stereocenters. The maximum absolute atomic E-state index is 5.17. The number of methoxy groups -OCH3 is 1. The molecule has 0 amide bonds. The van der Waals surface area contributed by atoms with Crippen LogP contribution >= 0.6 is 0 Å². The summed E-state index contributed by atoms with van der Waals surface area (Å²) in [6.07, 6.45) is 6.16. The second-order valence-electron chi connectivity index (χ2n) is 5.48. The van der Waals surface area contributed by atoms with Gasteiger partial charge in [0.05, 0.1) is 7.11 Å². The maximum Gasteiger partial charge on any atom is 0.191 e. The average molecular weight is 289 g/mol. The minimum atomic E-state index is 0.601. The lowest BCUT2D eigenvalue weighted by Gasteiger charge is -2.16. The van der Waals surface area contributed by atoms with E-state index in [0.29, 0.717) is 6.04 Å². The predicted octanol–water partition coefficient (Wildman–Crippen LogP) is 2.74. The van der Waals surface area contributed by atoms with Crippen LogP contribution in [0.1, 0.15) is 38.2 Å². The van der Waals surface area contributed by atoms with E-state index in [2.05, 4.69) is 34.7 Å². The monoisotopic (exact) mass is 289 g/mol. The van der Waals surface area contributed by atoms with E-state index in [1.54, 1.807) is 7.11 Å². The van der Waals surface area contributed by atoms with E-state index in [1.165, 1.54) is 31.2 Å². The molecule has 0 radical (unpaired) electrons. The van der Waals surface area contributed by atoms with Crippen LogP contribution in [0.5, 0.6) is 5.75 Å². The summed E-state index contributed by atoms with van der Waals surface area (Å²) in [5.41, 5.74) is 1.29. The van der Waals surface area contributed by atoms with E-state index >= 15 is 0 Å². The molecule has 0 heterocycles. The Morgan fingerprint density at radius 1 is 1.24 bits per heavy atom. The number of rotatable bonds is 6. The Hall–Kier alpha value is -1.71. The van der Waals surface area contributed by atoms with Gasteiger partial charge in [-0.15, -0.1) is 0 Å². The molecule has 1 aliphatic rings. The van der Waals surface area contributed by atoms with Gasteiger partial charge in [0.2, 0.25) is 0 Å². The van der Waals surface area contributed by atoms with E-state index in [4.69, 9.17) is 4.74 Å². The van der Waals surface area contributed by atoms with Crippen LogP contribution in [0.2, 0.25) is 0 Å². The Labute approximate surface area is 128 Å². The SMILES string of the molecule is CCNC(=NCCc1ccc(OC)cc1)NC1CCCC1. The summed E-state index contributed by atoms with van der Waals surface area (Å²) in [6.45, 7) is 3.81. The minimum absolute atomic E-state index is 0.601. The third-order valence-corrected chi connectivity index (χ3v) is 3.87.